The quantitative estimate of drug-likeness (QED) is 0.668. The number of hydrogen-bond donors (Lipinski definition) is 2. The summed E-state index contributed by atoms with van der Waals surface area (Å²) in [6.45, 7) is 3.81. The molecule has 0 saturated carbocycles. The second-order valence-electron chi connectivity index (χ2n) is 4.95. The Labute approximate surface area is 155 Å². The van der Waals surface area contributed by atoms with Crippen LogP contribution in [0.15, 0.2) is 64.5 Å². The van der Waals surface area contributed by atoms with Crippen molar-refractivity contribution in [2.45, 2.75) is 4.90 Å². The number of sulfonamides is 1. The molecule has 2 N–H and O–H groups in total. The molecule has 0 aliphatic heterocycles. The first kappa shape index (κ1) is 19.0. The van der Waals surface area contributed by atoms with E-state index in [-0.39, 0.29) is 22.7 Å². The number of ether oxygens (including phenoxy) is 1. The van der Waals surface area contributed by atoms with E-state index in [2.05, 4.69) is 32.5 Å². The molecule has 2 aromatic carbocycles. The van der Waals surface area contributed by atoms with Gasteiger partial charge in [-0.2, -0.15) is 0 Å². The summed E-state index contributed by atoms with van der Waals surface area (Å²) in [4.78, 5) is 12.2. The third-order valence-electron chi connectivity index (χ3n) is 3.26. The first-order chi connectivity index (χ1) is 11.9. The van der Waals surface area contributed by atoms with Gasteiger partial charge in [0, 0.05) is 6.54 Å². The highest BCUT2D eigenvalue weighted by Crippen LogP contribution is 2.28. The molecule has 0 heterocycles. The normalized spacial score (nSPS) is 10.8. The van der Waals surface area contributed by atoms with E-state index in [4.69, 9.17) is 4.74 Å². The van der Waals surface area contributed by atoms with Crippen LogP contribution in [-0.4, -0.2) is 28.0 Å². The minimum absolute atomic E-state index is 0.0430. The van der Waals surface area contributed by atoms with Gasteiger partial charge in [-0.05, 0) is 46.3 Å². The fraction of sp³-hybridized carbons (Fsp3) is 0.118. The van der Waals surface area contributed by atoms with E-state index in [1.165, 1.54) is 25.3 Å². The largest absolute Gasteiger partial charge is 0.496 e. The Bertz CT molecular complexity index is 897. The van der Waals surface area contributed by atoms with Crippen molar-refractivity contribution in [3.05, 3.63) is 65.2 Å². The molecule has 0 aliphatic rings. The van der Waals surface area contributed by atoms with Crippen molar-refractivity contribution in [3.8, 4) is 5.75 Å². The van der Waals surface area contributed by atoms with E-state index in [1.807, 2.05) is 0 Å². The van der Waals surface area contributed by atoms with Gasteiger partial charge < -0.3 is 10.1 Å². The maximum absolute atomic E-state index is 12.6. The van der Waals surface area contributed by atoms with Crippen molar-refractivity contribution in [2.75, 3.05) is 18.4 Å². The third kappa shape index (κ3) is 4.61. The molecule has 6 nitrogen and oxygen atoms in total. The highest BCUT2D eigenvalue weighted by Gasteiger charge is 2.19. The highest BCUT2D eigenvalue weighted by molar-refractivity contribution is 9.10. The van der Waals surface area contributed by atoms with E-state index in [1.54, 1.807) is 30.3 Å². The summed E-state index contributed by atoms with van der Waals surface area (Å²) in [5.74, 6) is 0.122. The number of rotatable bonds is 7. The van der Waals surface area contributed by atoms with Crippen molar-refractivity contribution in [2.24, 2.45) is 0 Å². The van der Waals surface area contributed by atoms with Crippen LogP contribution in [0.1, 0.15) is 10.4 Å². The van der Waals surface area contributed by atoms with Crippen molar-refractivity contribution < 1.29 is 17.9 Å². The fourth-order valence-corrected chi connectivity index (χ4v) is 3.85. The lowest BCUT2D eigenvalue weighted by Crippen LogP contribution is -2.25. The summed E-state index contributed by atoms with van der Waals surface area (Å²) in [5.41, 5.74) is 0.413. The predicted molar refractivity (Wildman–Crippen MR) is 100 cm³/mol. The second-order valence-corrected chi connectivity index (χ2v) is 7.48. The lowest BCUT2D eigenvalue weighted by molar-refractivity contribution is 0.0959. The van der Waals surface area contributed by atoms with Gasteiger partial charge in [-0.25, -0.2) is 8.42 Å². The molecule has 0 atom stereocenters. The summed E-state index contributed by atoms with van der Waals surface area (Å²) in [6, 6.07) is 10.8. The summed E-state index contributed by atoms with van der Waals surface area (Å²) in [6.07, 6.45) is 1.54. The maximum atomic E-state index is 12.6. The van der Waals surface area contributed by atoms with Crippen LogP contribution < -0.4 is 14.8 Å². The van der Waals surface area contributed by atoms with Gasteiger partial charge in [0.15, 0.2) is 0 Å². The maximum Gasteiger partial charge on any atom is 0.261 e. The first-order valence-electron chi connectivity index (χ1n) is 7.23. The lowest BCUT2D eigenvalue weighted by Gasteiger charge is -2.13. The zero-order chi connectivity index (χ0) is 18.4. The van der Waals surface area contributed by atoms with Crippen molar-refractivity contribution >= 4 is 37.5 Å². The van der Waals surface area contributed by atoms with Gasteiger partial charge in [0.2, 0.25) is 0 Å². The zero-order valence-electron chi connectivity index (χ0n) is 13.5. The molecule has 25 heavy (non-hydrogen) atoms. The molecule has 1 amide bonds. The SMILES string of the molecule is C=CCNC(=O)c1ccccc1NS(=O)(=O)c1ccc(OC)c(Br)c1. The number of anilines is 1. The number of nitrogens with one attached hydrogen (secondary N) is 2. The van der Waals surface area contributed by atoms with Crippen LogP contribution in [0.5, 0.6) is 5.75 Å². The van der Waals surface area contributed by atoms with Gasteiger partial charge in [-0.15, -0.1) is 6.58 Å². The standard InChI is InChI=1S/C17H17BrN2O4S/c1-3-10-19-17(21)13-6-4-5-7-15(13)20-25(22,23)12-8-9-16(24-2)14(18)11-12/h3-9,11,20H,1,10H2,2H3,(H,19,21). The van der Waals surface area contributed by atoms with E-state index in [9.17, 15) is 13.2 Å². The molecule has 0 aromatic heterocycles. The smallest absolute Gasteiger partial charge is 0.261 e. The molecule has 0 bridgehead atoms. The number of benzene rings is 2. The summed E-state index contributed by atoms with van der Waals surface area (Å²) >= 11 is 3.26. The van der Waals surface area contributed by atoms with Crippen LogP contribution in [0, 0.1) is 0 Å². The van der Waals surface area contributed by atoms with Crippen LogP contribution in [0.3, 0.4) is 0 Å². The van der Waals surface area contributed by atoms with E-state index in [0.29, 0.717) is 10.2 Å². The minimum Gasteiger partial charge on any atom is -0.496 e. The van der Waals surface area contributed by atoms with Crippen LogP contribution in [-0.2, 0) is 10.0 Å². The molecule has 8 heteroatoms. The molecular formula is C17H17BrN2O4S. The number of hydrogen-bond acceptors (Lipinski definition) is 4. The van der Waals surface area contributed by atoms with E-state index < -0.39 is 15.9 Å². The molecular weight excluding hydrogens is 408 g/mol. The molecule has 2 rings (SSSR count). The van der Waals surface area contributed by atoms with E-state index >= 15 is 0 Å². The third-order valence-corrected chi connectivity index (χ3v) is 5.24. The highest BCUT2D eigenvalue weighted by atomic mass is 79.9. The average Bonchev–Trinajstić information content (AvgIpc) is 2.59. The average molecular weight is 425 g/mol. The second kappa shape index (κ2) is 8.17. The molecule has 2 aromatic rings. The van der Waals surface area contributed by atoms with Crippen LogP contribution >= 0.6 is 15.9 Å². The molecule has 0 aliphatic carbocycles. The number of para-hydroxylation sites is 1. The Kier molecular flexibility index (Phi) is 6.22. The first-order valence-corrected chi connectivity index (χ1v) is 9.51. The van der Waals surface area contributed by atoms with Crippen LogP contribution in [0.4, 0.5) is 5.69 Å². The Morgan fingerprint density at radius 1 is 1.28 bits per heavy atom. The number of carbonyl (C=O) groups excluding carboxylic acids is 1. The summed E-state index contributed by atoms with van der Waals surface area (Å²) < 4.78 is 33.3. The molecule has 132 valence electrons. The number of methoxy groups -OCH3 is 1. The Morgan fingerprint density at radius 2 is 2.00 bits per heavy atom. The van der Waals surface area contributed by atoms with E-state index in [0.717, 1.165) is 0 Å². The van der Waals surface area contributed by atoms with Gasteiger partial charge in [0.25, 0.3) is 15.9 Å². The van der Waals surface area contributed by atoms with Gasteiger partial charge in [-0.1, -0.05) is 18.2 Å². The molecule has 0 radical (unpaired) electrons. The predicted octanol–water partition coefficient (Wildman–Crippen LogP) is 3.17. The monoisotopic (exact) mass is 424 g/mol. The molecule has 0 unspecified atom stereocenters. The Balaban J connectivity index is 2.34. The van der Waals surface area contributed by atoms with Crippen LogP contribution in [0.2, 0.25) is 0 Å². The number of halogens is 1. The zero-order valence-corrected chi connectivity index (χ0v) is 15.9. The van der Waals surface area contributed by atoms with Crippen molar-refractivity contribution in [3.63, 3.8) is 0 Å². The lowest BCUT2D eigenvalue weighted by atomic mass is 10.1. The summed E-state index contributed by atoms with van der Waals surface area (Å²) in [7, 11) is -2.38. The van der Waals surface area contributed by atoms with Gasteiger partial charge >= 0.3 is 0 Å². The molecule has 0 fully saturated rings. The minimum atomic E-state index is -3.87. The Hall–Kier alpha value is -2.32. The topological polar surface area (TPSA) is 84.5 Å². The molecule has 0 saturated heterocycles. The molecule has 0 spiro atoms. The van der Waals surface area contributed by atoms with Gasteiger partial charge in [0.1, 0.15) is 5.75 Å². The van der Waals surface area contributed by atoms with Gasteiger partial charge in [-0.3, -0.25) is 9.52 Å². The van der Waals surface area contributed by atoms with Gasteiger partial charge in [0.05, 0.1) is 27.7 Å². The van der Waals surface area contributed by atoms with Crippen LogP contribution in [0.25, 0.3) is 0 Å². The summed E-state index contributed by atoms with van der Waals surface area (Å²) in [5, 5.41) is 2.62. The number of amides is 1. The van der Waals surface area contributed by atoms with Crippen molar-refractivity contribution in [1.29, 1.82) is 0 Å². The van der Waals surface area contributed by atoms with Crippen molar-refractivity contribution in [1.82, 2.24) is 5.32 Å². The number of carbonyl (C=O) groups is 1. The Morgan fingerprint density at radius 3 is 2.64 bits per heavy atom. The fourth-order valence-electron chi connectivity index (χ4n) is 2.05.